The Morgan fingerprint density at radius 2 is 1.79 bits per heavy atom. The number of anilines is 1. The maximum Gasteiger partial charge on any atom is 0.321 e. The monoisotopic (exact) mass is 345 g/mol. The third kappa shape index (κ3) is 3.57. The minimum Gasteiger partial charge on any atom is -0.324 e. The van der Waals surface area contributed by atoms with Gasteiger partial charge in [-0.3, -0.25) is 4.90 Å². The van der Waals surface area contributed by atoms with Gasteiger partial charge in [0.1, 0.15) is 0 Å². The molecule has 0 bridgehead atoms. The van der Waals surface area contributed by atoms with Gasteiger partial charge >= 0.3 is 6.03 Å². The predicted molar refractivity (Wildman–Crippen MR) is 101 cm³/mol. The molecule has 5 heteroatoms. The summed E-state index contributed by atoms with van der Waals surface area (Å²) < 4.78 is 0. The molecule has 1 aliphatic carbocycles. The highest BCUT2D eigenvalue weighted by Gasteiger charge is 2.27. The second-order valence-electron chi connectivity index (χ2n) is 7.13. The number of amides is 2. The summed E-state index contributed by atoms with van der Waals surface area (Å²) in [4.78, 5) is 17.2. The first-order valence-electron chi connectivity index (χ1n) is 9.29. The molecule has 130 valence electrons. The number of thioether (sulfide) groups is 1. The number of nitrogens with one attached hydrogen (secondary N) is 1. The van der Waals surface area contributed by atoms with E-state index in [1.54, 1.807) is 0 Å². The maximum absolute atomic E-state index is 12.5. The van der Waals surface area contributed by atoms with Crippen LogP contribution in [-0.2, 0) is 12.8 Å². The fraction of sp³-hybridized carbons (Fsp3) is 0.632. The van der Waals surface area contributed by atoms with Gasteiger partial charge in [-0.2, -0.15) is 11.8 Å². The quantitative estimate of drug-likeness (QED) is 0.894. The lowest BCUT2D eigenvalue weighted by molar-refractivity contribution is 0.130. The summed E-state index contributed by atoms with van der Waals surface area (Å²) in [5, 5.41) is 3.11. The highest BCUT2D eigenvalue weighted by atomic mass is 32.2. The molecule has 0 atom stereocenters. The van der Waals surface area contributed by atoms with Gasteiger partial charge in [-0.1, -0.05) is 6.07 Å². The summed E-state index contributed by atoms with van der Waals surface area (Å²) in [6.07, 6.45) is 5.81. The van der Waals surface area contributed by atoms with Crippen LogP contribution in [0.1, 0.15) is 30.4 Å². The second kappa shape index (κ2) is 7.36. The summed E-state index contributed by atoms with van der Waals surface area (Å²) in [5.41, 5.74) is 3.82. The molecule has 0 unspecified atom stereocenters. The number of aryl methyl sites for hydroxylation is 2. The van der Waals surface area contributed by atoms with Crippen molar-refractivity contribution in [2.45, 2.75) is 38.1 Å². The van der Waals surface area contributed by atoms with Crippen molar-refractivity contribution < 1.29 is 4.79 Å². The fourth-order valence-corrected chi connectivity index (χ4v) is 5.16. The van der Waals surface area contributed by atoms with Crippen LogP contribution in [0, 0.1) is 0 Å². The Balaban J connectivity index is 1.30. The average molecular weight is 346 g/mol. The first-order valence-corrected chi connectivity index (χ1v) is 10.4. The normalized spacial score (nSPS) is 22.4. The standard InChI is InChI=1S/C19H27N3OS/c23-19(20-17-5-4-15-2-1-3-16(15)14-17)22-8-6-18(7-9-22)21-10-12-24-13-11-21/h4-5,14,18H,1-3,6-13H2,(H,20,23). The van der Waals surface area contributed by atoms with Crippen LogP contribution in [-0.4, -0.2) is 59.6 Å². The van der Waals surface area contributed by atoms with Crippen LogP contribution < -0.4 is 5.32 Å². The Kier molecular flexibility index (Phi) is 4.99. The first kappa shape index (κ1) is 16.3. The number of hydrogen-bond acceptors (Lipinski definition) is 3. The zero-order valence-corrected chi connectivity index (χ0v) is 15.1. The third-order valence-electron chi connectivity index (χ3n) is 5.66. The summed E-state index contributed by atoms with van der Waals surface area (Å²) >= 11 is 2.06. The Hall–Kier alpha value is -1.20. The van der Waals surface area contributed by atoms with Gasteiger partial charge in [-0.25, -0.2) is 4.79 Å². The molecule has 0 aromatic heterocycles. The summed E-state index contributed by atoms with van der Waals surface area (Å²) in [7, 11) is 0. The van der Waals surface area contributed by atoms with E-state index in [-0.39, 0.29) is 6.03 Å². The molecule has 2 heterocycles. The zero-order chi connectivity index (χ0) is 16.4. The molecular weight excluding hydrogens is 318 g/mol. The summed E-state index contributed by atoms with van der Waals surface area (Å²) in [5.74, 6) is 2.53. The van der Waals surface area contributed by atoms with Crippen molar-refractivity contribution in [1.29, 1.82) is 0 Å². The van der Waals surface area contributed by atoms with Gasteiger partial charge in [0, 0.05) is 49.4 Å². The van der Waals surface area contributed by atoms with E-state index < -0.39 is 0 Å². The second-order valence-corrected chi connectivity index (χ2v) is 8.36. The van der Waals surface area contributed by atoms with Crippen molar-refractivity contribution in [3.8, 4) is 0 Å². The van der Waals surface area contributed by atoms with Crippen molar-refractivity contribution in [3.63, 3.8) is 0 Å². The number of carbonyl (C=O) groups is 1. The maximum atomic E-state index is 12.5. The Morgan fingerprint density at radius 3 is 2.58 bits per heavy atom. The highest BCUT2D eigenvalue weighted by molar-refractivity contribution is 7.99. The van der Waals surface area contributed by atoms with Crippen molar-refractivity contribution >= 4 is 23.5 Å². The summed E-state index contributed by atoms with van der Waals surface area (Å²) in [6, 6.07) is 7.15. The lowest BCUT2D eigenvalue weighted by atomic mass is 10.0. The smallest absolute Gasteiger partial charge is 0.321 e. The van der Waals surface area contributed by atoms with E-state index in [2.05, 4.69) is 40.2 Å². The van der Waals surface area contributed by atoms with Gasteiger partial charge in [0.15, 0.2) is 0 Å². The van der Waals surface area contributed by atoms with Crippen LogP contribution in [0.15, 0.2) is 18.2 Å². The molecule has 1 aromatic carbocycles. The van der Waals surface area contributed by atoms with Crippen molar-refractivity contribution in [2.75, 3.05) is 43.0 Å². The molecule has 0 spiro atoms. The lowest BCUT2D eigenvalue weighted by Gasteiger charge is -2.40. The zero-order valence-electron chi connectivity index (χ0n) is 14.3. The predicted octanol–water partition coefficient (Wildman–Crippen LogP) is 3.22. The Labute approximate surface area is 149 Å². The molecule has 4 rings (SSSR count). The number of fused-ring (bicyclic) bond motifs is 1. The van der Waals surface area contributed by atoms with Gasteiger partial charge in [0.05, 0.1) is 0 Å². The SMILES string of the molecule is O=C(Nc1ccc2c(c1)CCC2)N1CCC(N2CCSCC2)CC1. The van der Waals surface area contributed by atoms with Crippen LogP contribution in [0.3, 0.4) is 0 Å². The largest absolute Gasteiger partial charge is 0.324 e. The number of hydrogen-bond donors (Lipinski definition) is 1. The average Bonchev–Trinajstić information content (AvgIpc) is 3.10. The molecular formula is C19H27N3OS. The number of carbonyl (C=O) groups excluding carboxylic acids is 1. The fourth-order valence-electron chi connectivity index (χ4n) is 4.23. The molecule has 1 aromatic rings. The third-order valence-corrected chi connectivity index (χ3v) is 6.61. The Morgan fingerprint density at radius 1 is 1.04 bits per heavy atom. The molecule has 2 saturated heterocycles. The molecule has 0 saturated carbocycles. The molecule has 24 heavy (non-hydrogen) atoms. The van der Waals surface area contributed by atoms with Crippen LogP contribution in [0.2, 0.25) is 0 Å². The molecule has 3 aliphatic rings. The Bertz CT molecular complexity index is 592. The van der Waals surface area contributed by atoms with E-state index in [9.17, 15) is 4.79 Å². The number of benzene rings is 1. The van der Waals surface area contributed by atoms with Crippen molar-refractivity contribution in [3.05, 3.63) is 29.3 Å². The molecule has 1 N–H and O–H groups in total. The van der Waals surface area contributed by atoms with E-state index in [1.807, 2.05) is 4.90 Å². The van der Waals surface area contributed by atoms with E-state index in [0.29, 0.717) is 6.04 Å². The number of rotatable bonds is 2. The number of piperidine rings is 1. The van der Waals surface area contributed by atoms with Crippen LogP contribution >= 0.6 is 11.8 Å². The molecule has 2 fully saturated rings. The van der Waals surface area contributed by atoms with E-state index >= 15 is 0 Å². The molecule has 2 aliphatic heterocycles. The van der Waals surface area contributed by atoms with E-state index in [4.69, 9.17) is 0 Å². The minimum atomic E-state index is 0.0700. The lowest BCUT2D eigenvalue weighted by Crippen LogP contribution is -2.49. The minimum absolute atomic E-state index is 0.0700. The van der Waals surface area contributed by atoms with Gasteiger partial charge in [0.2, 0.25) is 0 Å². The van der Waals surface area contributed by atoms with Crippen LogP contribution in [0.25, 0.3) is 0 Å². The van der Waals surface area contributed by atoms with Crippen molar-refractivity contribution in [2.24, 2.45) is 0 Å². The van der Waals surface area contributed by atoms with Crippen molar-refractivity contribution in [1.82, 2.24) is 9.80 Å². The van der Waals surface area contributed by atoms with Crippen LogP contribution in [0.4, 0.5) is 10.5 Å². The van der Waals surface area contributed by atoms with Gasteiger partial charge in [-0.05, 0) is 55.4 Å². The van der Waals surface area contributed by atoms with E-state index in [0.717, 1.165) is 38.0 Å². The van der Waals surface area contributed by atoms with Gasteiger partial charge in [0.25, 0.3) is 0 Å². The summed E-state index contributed by atoms with van der Waals surface area (Å²) in [6.45, 7) is 4.20. The molecule has 2 amide bonds. The number of urea groups is 1. The van der Waals surface area contributed by atoms with E-state index in [1.165, 1.54) is 48.6 Å². The van der Waals surface area contributed by atoms with Crippen LogP contribution in [0.5, 0.6) is 0 Å². The topological polar surface area (TPSA) is 35.6 Å². The highest BCUT2D eigenvalue weighted by Crippen LogP contribution is 2.25. The first-order chi connectivity index (χ1) is 11.8. The molecule has 0 radical (unpaired) electrons. The molecule has 4 nitrogen and oxygen atoms in total. The van der Waals surface area contributed by atoms with Gasteiger partial charge in [-0.15, -0.1) is 0 Å². The number of nitrogens with zero attached hydrogens (tertiary/aromatic N) is 2. The van der Waals surface area contributed by atoms with Gasteiger partial charge < -0.3 is 10.2 Å². The number of likely N-dealkylation sites (tertiary alicyclic amines) is 1.